The number of hydrogen-bond donors (Lipinski definition) is 2. The van der Waals surface area contributed by atoms with E-state index in [0.717, 1.165) is 6.54 Å². The van der Waals surface area contributed by atoms with Crippen molar-refractivity contribution < 1.29 is 14.3 Å². The number of aromatic carboxylic acids is 1. The maximum absolute atomic E-state index is 13.8. The van der Waals surface area contributed by atoms with Gasteiger partial charge in [-0.2, -0.15) is 0 Å². The van der Waals surface area contributed by atoms with Gasteiger partial charge in [0.2, 0.25) is 0 Å². The summed E-state index contributed by atoms with van der Waals surface area (Å²) in [5.74, 6) is -1.68. The summed E-state index contributed by atoms with van der Waals surface area (Å²) in [6.45, 7) is 8.84. The Hall–Kier alpha value is -1.78. The molecule has 0 saturated carbocycles. The van der Waals surface area contributed by atoms with E-state index in [-0.39, 0.29) is 11.7 Å². The molecule has 0 unspecified atom stereocenters. The van der Waals surface area contributed by atoms with Gasteiger partial charge in [0.1, 0.15) is 5.82 Å². The first kappa shape index (κ1) is 15.3. The number of halogens is 1. The zero-order valence-electron chi connectivity index (χ0n) is 11.8. The summed E-state index contributed by atoms with van der Waals surface area (Å²) in [5.41, 5.74) is 6.31. The molecule has 5 heteroatoms. The van der Waals surface area contributed by atoms with Gasteiger partial charge in [0.25, 0.3) is 0 Å². The third-order valence-electron chi connectivity index (χ3n) is 2.84. The molecule has 3 N–H and O–H groups in total. The fourth-order valence-corrected chi connectivity index (χ4v) is 1.97. The molecule has 0 radical (unpaired) electrons. The molecule has 1 aromatic rings. The van der Waals surface area contributed by atoms with Crippen LogP contribution in [-0.2, 0) is 0 Å². The van der Waals surface area contributed by atoms with Crippen molar-refractivity contribution in [1.82, 2.24) is 0 Å². The van der Waals surface area contributed by atoms with Crippen LogP contribution in [-0.4, -0.2) is 23.7 Å². The van der Waals surface area contributed by atoms with Gasteiger partial charge >= 0.3 is 5.97 Å². The van der Waals surface area contributed by atoms with Gasteiger partial charge in [-0.15, -0.1) is 0 Å². The predicted molar refractivity (Wildman–Crippen MR) is 75.1 cm³/mol. The summed E-state index contributed by atoms with van der Waals surface area (Å²) in [7, 11) is 0. The highest BCUT2D eigenvalue weighted by molar-refractivity contribution is 5.91. The van der Waals surface area contributed by atoms with Gasteiger partial charge in [-0.3, -0.25) is 0 Å². The van der Waals surface area contributed by atoms with Gasteiger partial charge in [0, 0.05) is 18.7 Å². The van der Waals surface area contributed by atoms with E-state index in [2.05, 4.69) is 13.8 Å². The lowest BCUT2D eigenvalue weighted by Crippen LogP contribution is -2.34. The van der Waals surface area contributed by atoms with Crippen molar-refractivity contribution in [2.45, 2.75) is 33.7 Å². The first-order chi connectivity index (χ1) is 8.73. The van der Waals surface area contributed by atoms with E-state index in [1.54, 1.807) is 0 Å². The second kappa shape index (κ2) is 5.91. The summed E-state index contributed by atoms with van der Waals surface area (Å²) in [6, 6.07) is 2.55. The number of carboxylic acid groups (broad SMARTS) is 1. The molecule has 0 aromatic heterocycles. The van der Waals surface area contributed by atoms with E-state index in [9.17, 15) is 9.18 Å². The minimum Gasteiger partial charge on any atom is -0.478 e. The largest absolute Gasteiger partial charge is 0.478 e. The van der Waals surface area contributed by atoms with Crippen molar-refractivity contribution in [3.05, 3.63) is 23.5 Å². The van der Waals surface area contributed by atoms with Gasteiger partial charge in [0.05, 0.1) is 16.9 Å². The molecule has 0 aliphatic carbocycles. The molecule has 4 nitrogen and oxygen atoms in total. The van der Waals surface area contributed by atoms with E-state index in [1.165, 1.54) is 12.1 Å². The molecule has 0 fully saturated rings. The summed E-state index contributed by atoms with van der Waals surface area (Å²) in [5, 5.41) is 8.87. The topological polar surface area (TPSA) is 66.6 Å². The van der Waals surface area contributed by atoms with Gasteiger partial charge in [-0.25, -0.2) is 9.18 Å². The van der Waals surface area contributed by atoms with Crippen molar-refractivity contribution in [2.24, 2.45) is 5.92 Å². The third kappa shape index (κ3) is 3.59. The van der Waals surface area contributed by atoms with E-state index in [0.29, 0.717) is 11.6 Å². The molecule has 0 aliphatic heterocycles. The second-order valence-electron chi connectivity index (χ2n) is 5.34. The molecule has 0 amide bonds. The van der Waals surface area contributed by atoms with Crippen molar-refractivity contribution in [3.63, 3.8) is 0 Å². The molecular formula is C14H21FN2O2. The van der Waals surface area contributed by atoms with Crippen LogP contribution in [0.2, 0.25) is 0 Å². The highest BCUT2D eigenvalue weighted by Crippen LogP contribution is 2.29. The lowest BCUT2D eigenvalue weighted by molar-refractivity contribution is 0.0692. The molecular weight excluding hydrogens is 247 g/mol. The molecule has 106 valence electrons. The van der Waals surface area contributed by atoms with E-state index in [4.69, 9.17) is 10.8 Å². The van der Waals surface area contributed by atoms with Gasteiger partial charge < -0.3 is 15.7 Å². The number of nitrogens with two attached hydrogens (primary N) is 1. The van der Waals surface area contributed by atoms with Crippen LogP contribution in [0.25, 0.3) is 0 Å². The van der Waals surface area contributed by atoms with Crippen LogP contribution in [0.5, 0.6) is 0 Å². The number of anilines is 2. The monoisotopic (exact) mass is 268 g/mol. The summed E-state index contributed by atoms with van der Waals surface area (Å²) < 4.78 is 13.8. The highest BCUT2D eigenvalue weighted by Gasteiger charge is 2.19. The molecule has 1 aromatic carbocycles. The minimum absolute atomic E-state index is 0.153. The van der Waals surface area contributed by atoms with E-state index in [1.807, 2.05) is 18.7 Å². The quantitative estimate of drug-likeness (QED) is 0.806. The Bertz CT molecular complexity index is 473. The number of carboxylic acids is 1. The number of nitrogen functional groups attached to an aromatic ring is 1. The molecule has 0 atom stereocenters. The Morgan fingerprint density at radius 3 is 2.37 bits per heavy atom. The zero-order valence-corrected chi connectivity index (χ0v) is 11.8. The summed E-state index contributed by atoms with van der Waals surface area (Å²) >= 11 is 0. The summed E-state index contributed by atoms with van der Waals surface area (Å²) in [4.78, 5) is 12.8. The molecule has 0 heterocycles. The van der Waals surface area contributed by atoms with Crippen molar-refractivity contribution in [3.8, 4) is 0 Å². The minimum atomic E-state index is -1.31. The zero-order chi connectivity index (χ0) is 14.7. The normalized spacial score (nSPS) is 11.1. The lowest BCUT2D eigenvalue weighted by Gasteiger charge is -2.32. The van der Waals surface area contributed by atoms with Crippen LogP contribution < -0.4 is 10.6 Å². The Labute approximate surface area is 113 Å². The van der Waals surface area contributed by atoms with Crippen LogP contribution in [0.3, 0.4) is 0 Å². The number of hydrogen-bond acceptors (Lipinski definition) is 3. The number of benzene rings is 1. The SMILES string of the molecule is CC(C)CN(c1cc(F)c(C(=O)O)cc1N)C(C)C. The second-order valence-corrected chi connectivity index (χ2v) is 5.34. The van der Waals surface area contributed by atoms with Crippen LogP contribution in [0, 0.1) is 11.7 Å². The molecule has 0 aliphatic rings. The molecule has 0 saturated heterocycles. The van der Waals surface area contributed by atoms with E-state index < -0.39 is 17.3 Å². The van der Waals surface area contributed by atoms with Gasteiger partial charge in [0.15, 0.2) is 0 Å². The highest BCUT2D eigenvalue weighted by atomic mass is 19.1. The first-order valence-corrected chi connectivity index (χ1v) is 6.33. The number of carbonyl (C=O) groups is 1. The Morgan fingerprint density at radius 1 is 1.37 bits per heavy atom. The maximum atomic E-state index is 13.8. The van der Waals surface area contributed by atoms with Crippen molar-refractivity contribution in [2.75, 3.05) is 17.2 Å². The van der Waals surface area contributed by atoms with Crippen LogP contribution in [0.1, 0.15) is 38.1 Å². The molecule has 19 heavy (non-hydrogen) atoms. The lowest BCUT2D eigenvalue weighted by atomic mass is 10.1. The molecule has 0 bridgehead atoms. The van der Waals surface area contributed by atoms with Crippen molar-refractivity contribution >= 4 is 17.3 Å². The van der Waals surface area contributed by atoms with Gasteiger partial charge in [-0.05, 0) is 25.8 Å². The number of rotatable bonds is 5. The van der Waals surface area contributed by atoms with Crippen LogP contribution in [0.4, 0.5) is 15.8 Å². The standard InChI is InChI=1S/C14H21FN2O2/c1-8(2)7-17(9(3)4)13-6-11(15)10(14(18)19)5-12(13)16/h5-6,8-9H,7,16H2,1-4H3,(H,18,19). The molecule has 0 spiro atoms. The van der Waals surface area contributed by atoms with Crippen molar-refractivity contribution in [1.29, 1.82) is 0 Å². The van der Waals surface area contributed by atoms with Crippen LogP contribution >= 0.6 is 0 Å². The fourth-order valence-electron chi connectivity index (χ4n) is 1.97. The Morgan fingerprint density at radius 2 is 1.95 bits per heavy atom. The average molecular weight is 268 g/mol. The molecule has 1 rings (SSSR count). The maximum Gasteiger partial charge on any atom is 0.338 e. The Balaban J connectivity index is 3.25. The number of nitrogens with zero attached hydrogens (tertiary/aromatic N) is 1. The summed E-state index contributed by atoms with van der Waals surface area (Å²) in [6.07, 6.45) is 0. The Kier molecular flexibility index (Phi) is 4.75. The average Bonchev–Trinajstić information content (AvgIpc) is 2.27. The smallest absolute Gasteiger partial charge is 0.338 e. The van der Waals surface area contributed by atoms with Gasteiger partial charge in [-0.1, -0.05) is 13.8 Å². The third-order valence-corrected chi connectivity index (χ3v) is 2.84. The predicted octanol–water partition coefficient (Wildman–Crippen LogP) is 2.98. The fraction of sp³-hybridized carbons (Fsp3) is 0.500. The van der Waals surface area contributed by atoms with E-state index >= 15 is 0 Å². The first-order valence-electron chi connectivity index (χ1n) is 6.33. The van der Waals surface area contributed by atoms with Crippen LogP contribution in [0.15, 0.2) is 12.1 Å².